The third-order valence-corrected chi connectivity index (χ3v) is 10.3. The van der Waals surface area contributed by atoms with Gasteiger partial charge in [0.2, 0.25) is 17.7 Å². The third kappa shape index (κ3) is 6.02. The average Bonchev–Trinajstić information content (AvgIpc) is 3.47. The lowest BCUT2D eigenvalue weighted by Crippen LogP contribution is -2.60. The van der Waals surface area contributed by atoms with E-state index in [4.69, 9.17) is 0 Å². The fourth-order valence-electron chi connectivity index (χ4n) is 7.58. The summed E-state index contributed by atoms with van der Waals surface area (Å²) in [4.78, 5) is 43.8. The molecule has 0 aliphatic carbocycles. The van der Waals surface area contributed by atoms with E-state index in [1.807, 2.05) is 44.2 Å². The van der Waals surface area contributed by atoms with Gasteiger partial charge in [-0.15, -0.1) is 11.8 Å². The lowest BCUT2D eigenvalue weighted by molar-refractivity contribution is -0.143. The fourth-order valence-corrected chi connectivity index (χ4v) is 9.79. The van der Waals surface area contributed by atoms with Gasteiger partial charge in [0.1, 0.15) is 6.04 Å². The van der Waals surface area contributed by atoms with Gasteiger partial charge >= 0.3 is 0 Å². The summed E-state index contributed by atoms with van der Waals surface area (Å²) in [6, 6.07) is 8.58. The highest BCUT2D eigenvalue weighted by molar-refractivity contribution is 8.02. The molecule has 3 aliphatic heterocycles. The number of hydrogen-bond donors (Lipinski definition) is 3. The molecular weight excluding hydrogens is 510 g/mol. The third-order valence-electron chi connectivity index (χ3n) is 8.38. The molecule has 216 valence electrons. The zero-order valence-corrected chi connectivity index (χ0v) is 25.4. The first kappa shape index (κ1) is 29.9. The van der Waals surface area contributed by atoms with Crippen LogP contribution in [0, 0.1) is 23.2 Å². The van der Waals surface area contributed by atoms with E-state index in [9.17, 15) is 19.5 Å². The van der Waals surface area contributed by atoms with Gasteiger partial charge in [0.05, 0.1) is 29.2 Å². The number of hydrogen-bond acceptors (Lipinski definition) is 5. The summed E-state index contributed by atoms with van der Waals surface area (Å²) in [6.45, 7) is 14.8. The van der Waals surface area contributed by atoms with Gasteiger partial charge in [-0.05, 0) is 56.4 Å². The maximum atomic E-state index is 14.3. The van der Waals surface area contributed by atoms with E-state index in [0.29, 0.717) is 13.0 Å². The van der Waals surface area contributed by atoms with Gasteiger partial charge in [0.25, 0.3) is 0 Å². The van der Waals surface area contributed by atoms with Crippen molar-refractivity contribution in [2.45, 2.75) is 108 Å². The minimum atomic E-state index is -0.716. The van der Waals surface area contributed by atoms with Crippen molar-refractivity contribution in [1.82, 2.24) is 15.5 Å². The van der Waals surface area contributed by atoms with Gasteiger partial charge in [-0.2, -0.15) is 0 Å². The topological polar surface area (TPSA) is 98.7 Å². The van der Waals surface area contributed by atoms with Crippen LogP contribution in [0.5, 0.6) is 0 Å². The number of carbonyl (C=O) groups is 3. The Hall–Kier alpha value is -2.06. The van der Waals surface area contributed by atoms with Gasteiger partial charge in [0, 0.05) is 17.3 Å². The summed E-state index contributed by atoms with van der Waals surface area (Å²) in [7, 11) is 0. The number of carbonyl (C=O) groups excluding carboxylic acids is 3. The molecule has 3 fully saturated rings. The molecule has 1 spiro atoms. The highest BCUT2D eigenvalue weighted by Gasteiger charge is 2.74. The molecule has 6 atom stereocenters. The molecule has 7 nitrogen and oxygen atoms in total. The number of rotatable bonds is 10. The minimum absolute atomic E-state index is 0.00688. The van der Waals surface area contributed by atoms with Crippen LogP contribution in [-0.4, -0.2) is 62.0 Å². The SMILES string of the molecule is CC(C)C[C@H](CO)N1C(=O)[C@@H]2[C@H](C(=O)NCc3ccccc3)[C@@H]3CCC2(S3)C1C(=O)NC(C)(C)CC(C)(C)C. The predicted molar refractivity (Wildman–Crippen MR) is 156 cm³/mol. The Morgan fingerprint density at radius 3 is 2.38 bits per heavy atom. The number of aliphatic hydroxyl groups is 1. The van der Waals surface area contributed by atoms with E-state index < -0.39 is 34.2 Å². The molecule has 3 heterocycles. The number of thioether (sulfide) groups is 1. The van der Waals surface area contributed by atoms with Gasteiger partial charge in [-0.1, -0.05) is 65.0 Å². The number of amides is 3. The van der Waals surface area contributed by atoms with Crippen molar-refractivity contribution in [2.24, 2.45) is 23.2 Å². The van der Waals surface area contributed by atoms with Crippen molar-refractivity contribution in [3.8, 4) is 0 Å². The monoisotopic (exact) mass is 557 g/mol. The maximum Gasteiger partial charge on any atom is 0.244 e. The van der Waals surface area contributed by atoms with E-state index in [1.54, 1.807) is 16.7 Å². The van der Waals surface area contributed by atoms with Gasteiger partial charge in [0.15, 0.2) is 0 Å². The fraction of sp³-hybridized carbons (Fsp3) is 0.710. The molecule has 0 radical (unpaired) electrons. The van der Waals surface area contributed by atoms with E-state index in [2.05, 4.69) is 45.3 Å². The summed E-state index contributed by atoms with van der Waals surface area (Å²) < 4.78 is -0.664. The van der Waals surface area contributed by atoms with Gasteiger partial charge in [-0.3, -0.25) is 14.4 Å². The molecule has 8 heteroatoms. The lowest BCUT2D eigenvalue weighted by Gasteiger charge is -2.40. The quantitative estimate of drug-likeness (QED) is 0.402. The van der Waals surface area contributed by atoms with Gasteiger partial charge < -0.3 is 20.6 Å². The van der Waals surface area contributed by atoms with Crippen LogP contribution in [0.1, 0.15) is 79.7 Å². The molecule has 0 aromatic heterocycles. The summed E-state index contributed by atoms with van der Waals surface area (Å²) in [5.74, 6) is -1.25. The van der Waals surface area contributed by atoms with Crippen LogP contribution in [0.3, 0.4) is 0 Å². The van der Waals surface area contributed by atoms with Gasteiger partial charge in [-0.25, -0.2) is 0 Å². The van der Waals surface area contributed by atoms with Crippen LogP contribution in [0.25, 0.3) is 0 Å². The second-order valence-corrected chi connectivity index (χ2v) is 15.7. The molecule has 3 amide bonds. The summed E-state index contributed by atoms with van der Waals surface area (Å²) in [6.07, 6.45) is 2.89. The second kappa shape index (κ2) is 11.1. The van der Waals surface area contributed by atoms with E-state index in [0.717, 1.165) is 24.8 Å². The number of nitrogens with zero attached hydrogens (tertiary/aromatic N) is 1. The first-order valence-electron chi connectivity index (χ1n) is 14.4. The van der Waals surface area contributed by atoms with Crippen LogP contribution >= 0.6 is 11.8 Å². The molecule has 1 aromatic carbocycles. The Balaban J connectivity index is 1.66. The minimum Gasteiger partial charge on any atom is -0.394 e. The van der Waals surface area contributed by atoms with E-state index >= 15 is 0 Å². The Morgan fingerprint density at radius 2 is 1.79 bits per heavy atom. The average molecular weight is 558 g/mol. The molecule has 2 bridgehead atoms. The smallest absolute Gasteiger partial charge is 0.244 e. The first-order valence-corrected chi connectivity index (χ1v) is 15.3. The first-order chi connectivity index (χ1) is 18.2. The Labute approximate surface area is 238 Å². The molecule has 2 unspecified atom stereocenters. The Morgan fingerprint density at radius 1 is 1.13 bits per heavy atom. The van der Waals surface area contributed by atoms with Crippen molar-refractivity contribution >= 4 is 29.5 Å². The predicted octanol–water partition coefficient (Wildman–Crippen LogP) is 4.13. The van der Waals surface area contributed by atoms with Crippen molar-refractivity contribution < 1.29 is 19.5 Å². The standard InChI is InChI=1S/C31H47N3O4S/c1-19(2)15-21(17-35)34-25(27(37)33-30(6,7)18-29(3,4)5)31-14-13-22(39-31)23(24(31)28(34)38)26(36)32-16-20-11-9-8-10-12-20/h8-12,19,21-25,35H,13-18H2,1-7H3,(H,32,36)(H,33,37)/t21-,22+,23-,24+,25?,31?/m1/s1. The number of likely N-dealkylation sites (tertiary alicyclic amines) is 1. The zero-order valence-electron chi connectivity index (χ0n) is 24.6. The van der Waals surface area contributed by atoms with Crippen LogP contribution in [0.15, 0.2) is 30.3 Å². The van der Waals surface area contributed by atoms with Crippen molar-refractivity contribution in [1.29, 1.82) is 0 Å². The second-order valence-electron chi connectivity index (χ2n) is 14.1. The number of benzene rings is 1. The van der Waals surface area contributed by atoms with Crippen LogP contribution in [0.4, 0.5) is 0 Å². The summed E-state index contributed by atoms with van der Waals surface area (Å²) >= 11 is 1.67. The highest BCUT2D eigenvalue weighted by Crippen LogP contribution is 2.66. The molecule has 4 rings (SSSR count). The maximum absolute atomic E-state index is 14.3. The summed E-state index contributed by atoms with van der Waals surface area (Å²) in [5, 5.41) is 16.8. The Kier molecular flexibility index (Phi) is 8.49. The van der Waals surface area contributed by atoms with Crippen LogP contribution < -0.4 is 10.6 Å². The number of aliphatic hydroxyl groups excluding tert-OH is 1. The van der Waals surface area contributed by atoms with Crippen LogP contribution in [0.2, 0.25) is 0 Å². The normalized spacial score (nSPS) is 29.1. The van der Waals surface area contributed by atoms with E-state index in [-0.39, 0.29) is 40.9 Å². The van der Waals surface area contributed by atoms with Crippen molar-refractivity contribution in [2.75, 3.05) is 6.61 Å². The molecule has 3 aliphatic rings. The largest absolute Gasteiger partial charge is 0.394 e. The highest BCUT2D eigenvalue weighted by atomic mass is 32.2. The summed E-state index contributed by atoms with van der Waals surface area (Å²) in [5.41, 5.74) is 0.543. The molecule has 39 heavy (non-hydrogen) atoms. The van der Waals surface area contributed by atoms with E-state index in [1.165, 1.54) is 0 Å². The Bertz CT molecular complexity index is 1070. The number of fused-ring (bicyclic) bond motifs is 1. The lowest BCUT2D eigenvalue weighted by atomic mass is 9.70. The zero-order chi connectivity index (χ0) is 28.8. The number of nitrogens with one attached hydrogen (secondary N) is 2. The van der Waals surface area contributed by atoms with Crippen molar-refractivity contribution in [3.63, 3.8) is 0 Å². The molecular formula is C31H47N3O4S. The molecule has 1 aromatic rings. The molecule has 3 saturated heterocycles. The molecule has 3 N–H and O–H groups in total. The van der Waals surface area contributed by atoms with Crippen LogP contribution in [-0.2, 0) is 20.9 Å². The molecule has 0 saturated carbocycles. The van der Waals surface area contributed by atoms with Crippen molar-refractivity contribution in [3.05, 3.63) is 35.9 Å².